The predicted molar refractivity (Wildman–Crippen MR) is 90.6 cm³/mol. The molecule has 2 aliphatic heterocycles. The Morgan fingerprint density at radius 3 is 2.71 bits per heavy atom. The van der Waals surface area contributed by atoms with Crippen molar-refractivity contribution < 1.29 is 14.1 Å². The first-order chi connectivity index (χ1) is 11.6. The van der Waals surface area contributed by atoms with E-state index in [0.29, 0.717) is 12.6 Å². The average Bonchev–Trinajstić information content (AvgIpc) is 2.94. The van der Waals surface area contributed by atoms with Gasteiger partial charge in [0.2, 0.25) is 5.91 Å². The van der Waals surface area contributed by atoms with Crippen molar-refractivity contribution in [3.8, 4) is 0 Å². The fourth-order valence-electron chi connectivity index (χ4n) is 3.94. The lowest BCUT2D eigenvalue weighted by molar-refractivity contribution is -0.137. The summed E-state index contributed by atoms with van der Waals surface area (Å²) in [6, 6.07) is 0.585. The number of carbonyl (C=O) groups excluding carboxylic acids is 1. The van der Waals surface area contributed by atoms with Gasteiger partial charge >= 0.3 is 0 Å². The van der Waals surface area contributed by atoms with E-state index in [9.17, 15) is 4.79 Å². The molecule has 2 saturated heterocycles. The summed E-state index contributed by atoms with van der Waals surface area (Å²) in [5.74, 6) is 1.15. The van der Waals surface area contributed by atoms with Crippen molar-refractivity contribution in [2.24, 2.45) is 5.92 Å². The lowest BCUT2D eigenvalue weighted by Gasteiger charge is -2.40. The fraction of sp³-hybridized carbons (Fsp3) is 0.778. The minimum Gasteiger partial charge on any atom is -0.381 e. The van der Waals surface area contributed by atoms with Gasteiger partial charge in [0, 0.05) is 38.4 Å². The molecule has 1 amide bonds. The van der Waals surface area contributed by atoms with E-state index in [4.69, 9.17) is 9.26 Å². The second-order valence-corrected chi connectivity index (χ2v) is 7.17. The summed E-state index contributed by atoms with van der Waals surface area (Å²) in [5.41, 5.74) is 1.91. The molecule has 6 heteroatoms. The topological polar surface area (TPSA) is 58.8 Å². The first-order valence-electron chi connectivity index (χ1n) is 9.04. The van der Waals surface area contributed by atoms with Gasteiger partial charge in [-0.05, 0) is 46.1 Å². The molecule has 0 aliphatic carbocycles. The number of nitrogens with zero attached hydrogens (tertiary/aromatic N) is 3. The van der Waals surface area contributed by atoms with Gasteiger partial charge in [-0.3, -0.25) is 9.69 Å². The zero-order valence-corrected chi connectivity index (χ0v) is 15.1. The third-order valence-electron chi connectivity index (χ3n) is 5.46. The zero-order valence-electron chi connectivity index (χ0n) is 15.1. The van der Waals surface area contributed by atoms with Crippen LogP contribution in [0.15, 0.2) is 4.52 Å². The molecule has 0 unspecified atom stereocenters. The highest BCUT2D eigenvalue weighted by molar-refractivity contribution is 5.79. The molecule has 1 aromatic rings. The third-order valence-corrected chi connectivity index (χ3v) is 5.46. The standard InChI is InChI=1S/C18H29N3O3/c1-13-17(14(2)24-19-13)12-20(3)18(22)15-5-4-8-21(11-15)16-6-9-23-10-7-16/h15-16H,4-12H2,1-3H3/t15-/m0/s1. The van der Waals surface area contributed by atoms with Crippen molar-refractivity contribution in [2.45, 2.75) is 52.1 Å². The van der Waals surface area contributed by atoms with Crippen LogP contribution in [0.4, 0.5) is 0 Å². The van der Waals surface area contributed by atoms with Crippen LogP contribution in [0.2, 0.25) is 0 Å². The lowest BCUT2D eigenvalue weighted by atomic mass is 9.93. The summed E-state index contributed by atoms with van der Waals surface area (Å²) in [5, 5.41) is 3.98. The molecule has 6 nitrogen and oxygen atoms in total. The molecular weight excluding hydrogens is 306 g/mol. The van der Waals surface area contributed by atoms with Crippen LogP contribution in [0.1, 0.15) is 42.7 Å². The Morgan fingerprint density at radius 2 is 2.04 bits per heavy atom. The summed E-state index contributed by atoms with van der Waals surface area (Å²) in [6.45, 7) is 8.11. The molecule has 0 radical (unpaired) electrons. The largest absolute Gasteiger partial charge is 0.381 e. The Bertz CT molecular complexity index is 546. The van der Waals surface area contributed by atoms with Crippen LogP contribution < -0.4 is 0 Å². The highest BCUT2D eigenvalue weighted by Gasteiger charge is 2.32. The summed E-state index contributed by atoms with van der Waals surface area (Å²) < 4.78 is 10.7. The van der Waals surface area contributed by atoms with Gasteiger partial charge in [-0.1, -0.05) is 5.16 Å². The minimum absolute atomic E-state index is 0.104. The van der Waals surface area contributed by atoms with Crippen molar-refractivity contribution in [3.05, 3.63) is 17.0 Å². The zero-order chi connectivity index (χ0) is 17.1. The van der Waals surface area contributed by atoms with E-state index in [1.54, 1.807) is 0 Å². The van der Waals surface area contributed by atoms with E-state index in [1.807, 2.05) is 25.8 Å². The van der Waals surface area contributed by atoms with Gasteiger partial charge in [0.1, 0.15) is 5.76 Å². The predicted octanol–water partition coefficient (Wildman–Crippen LogP) is 2.14. The maximum absolute atomic E-state index is 12.9. The number of piperidine rings is 1. The molecule has 1 aromatic heterocycles. The summed E-state index contributed by atoms with van der Waals surface area (Å²) in [6.07, 6.45) is 4.28. The van der Waals surface area contributed by atoms with E-state index in [2.05, 4.69) is 10.1 Å². The van der Waals surface area contributed by atoms with Gasteiger partial charge in [-0.2, -0.15) is 0 Å². The van der Waals surface area contributed by atoms with Crippen LogP contribution in [0.3, 0.4) is 0 Å². The van der Waals surface area contributed by atoms with E-state index >= 15 is 0 Å². The summed E-state index contributed by atoms with van der Waals surface area (Å²) in [7, 11) is 1.89. The molecule has 0 aromatic carbocycles. The Kier molecular flexibility index (Phi) is 5.56. The Labute approximate surface area is 144 Å². The maximum Gasteiger partial charge on any atom is 0.227 e. The number of hydrogen-bond acceptors (Lipinski definition) is 5. The summed E-state index contributed by atoms with van der Waals surface area (Å²) in [4.78, 5) is 17.2. The van der Waals surface area contributed by atoms with Crippen molar-refractivity contribution in [3.63, 3.8) is 0 Å². The van der Waals surface area contributed by atoms with Gasteiger partial charge < -0.3 is 14.2 Å². The normalized spacial score (nSPS) is 23.4. The number of hydrogen-bond donors (Lipinski definition) is 0. The van der Waals surface area contributed by atoms with Crippen molar-refractivity contribution >= 4 is 5.91 Å². The van der Waals surface area contributed by atoms with Gasteiger partial charge in [-0.15, -0.1) is 0 Å². The first-order valence-corrected chi connectivity index (χ1v) is 9.04. The number of aromatic nitrogens is 1. The lowest BCUT2D eigenvalue weighted by Crippen LogP contribution is -2.48. The molecule has 24 heavy (non-hydrogen) atoms. The number of likely N-dealkylation sites (tertiary alicyclic amines) is 1. The maximum atomic E-state index is 12.9. The molecule has 3 rings (SSSR count). The average molecular weight is 335 g/mol. The van der Waals surface area contributed by atoms with Crippen LogP contribution in [-0.2, 0) is 16.1 Å². The smallest absolute Gasteiger partial charge is 0.227 e. The highest BCUT2D eigenvalue weighted by Crippen LogP contribution is 2.25. The van der Waals surface area contributed by atoms with E-state index < -0.39 is 0 Å². The first kappa shape index (κ1) is 17.4. The van der Waals surface area contributed by atoms with Crippen LogP contribution >= 0.6 is 0 Å². The number of aryl methyl sites for hydroxylation is 2. The summed E-state index contributed by atoms with van der Waals surface area (Å²) >= 11 is 0. The molecule has 1 atom stereocenters. The van der Waals surface area contributed by atoms with Gasteiger partial charge in [0.25, 0.3) is 0 Å². The number of carbonyl (C=O) groups is 1. The fourth-order valence-corrected chi connectivity index (χ4v) is 3.94. The quantitative estimate of drug-likeness (QED) is 0.844. The molecule has 3 heterocycles. The van der Waals surface area contributed by atoms with Crippen molar-refractivity contribution in [1.29, 1.82) is 0 Å². The van der Waals surface area contributed by atoms with E-state index in [-0.39, 0.29) is 11.8 Å². The molecule has 0 N–H and O–H groups in total. The van der Waals surface area contributed by atoms with Gasteiger partial charge in [0.15, 0.2) is 0 Å². The number of rotatable bonds is 4. The van der Waals surface area contributed by atoms with Crippen LogP contribution in [0.5, 0.6) is 0 Å². The van der Waals surface area contributed by atoms with E-state index in [1.165, 1.54) is 0 Å². The monoisotopic (exact) mass is 335 g/mol. The Morgan fingerprint density at radius 1 is 1.29 bits per heavy atom. The minimum atomic E-state index is 0.104. The molecule has 0 saturated carbocycles. The molecule has 0 spiro atoms. The van der Waals surface area contributed by atoms with Gasteiger partial charge in [0.05, 0.1) is 18.2 Å². The van der Waals surface area contributed by atoms with Crippen molar-refractivity contribution in [1.82, 2.24) is 15.0 Å². The highest BCUT2D eigenvalue weighted by atomic mass is 16.5. The Balaban J connectivity index is 1.59. The number of ether oxygens (including phenoxy) is 1. The Hall–Kier alpha value is -1.40. The van der Waals surface area contributed by atoms with E-state index in [0.717, 1.165) is 69.0 Å². The van der Waals surface area contributed by atoms with Crippen LogP contribution in [-0.4, -0.2) is 60.3 Å². The molecular formula is C18H29N3O3. The second kappa shape index (κ2) is 7.66. The van der Waals surface area contributed by atoms with Gasteiger partial charge in [-0.25, -0.2) is 0 Å². The SMILES string of the molecule is Cc1noc(C)c1CN(C)C(=O)[C@H]1CCCN(C2CCOCC2)C1. The van der Waals surface area contributed by atoms with Crippen molar-refractivity contribution in [2.75, 3.05) is 33.4 Å². The molecule has 2 fully saturated rings. The second-order valence-electron chi connectivity index (χ2n) is 7.17. The molecule has 2 aliphatic rings. The molecule has 0 bridgehead atoms. The van der Waals surface area contributed by atoms with Crippen LogP contribution in [0, 0.1) is 19.8 Å². The third kappa shape index (κ3) is 3.81. The van der Waals surface area contributed by atoms with Crippen LogP contribution in [0.25, 0.3) is 0 Å². The number of amides is 1. The molecule has 134 valence electrons.